The Kier molecular flexibility index (Phi) is 10.0. The lowest BCUT2D eigenvalue weighted by molar-refractivity contribution is -0.404. The molecule has 4 rings (SSSR count). The lowest BCUT2D eigenvalue weighted by atomic mass is 10.00. The van der Waals surface area contributed by atoms with Crippen molar-refractivity contribution < 1.29 is 47.1 Å². The molecule has 0 unspecified atom stereocenters. The summed E-state index contributed by atoms with van der Waals surface area (Å²) in [6.07, 6.45) is -3.22. The Hall–Kier alpha value is -1.12. The molecule has 0 bridgehead atoms. The fraction of sp³-hybridized carbons (Fsp3) is 0.793. The Labute approximate surface area is 239 Å². The largest absolute Gasteiger partial charge is 0.497 e. The van der Waals surface area contributed by atoms with Gasteiger partial charge in [-0.15, -0.1) is 0 Å². The summed E-state index contributed by atoms with van der Waals surface area (Å²) in [6, 6.07) is 7.83. The second-order valence-corrected chi connectivity index (χ2v) is 17.1. The summed E-state index contributed by atoms with van der Waals surface area (Å²) < 4.78 is 61.7. The molecule has 3 aliphatic rings. The SMILES string of the molecule is COC[C@H]1O[C@@]2(C[C@@H](O[Si](C)(C)C(C)(C)C)[C@@H]1OCc1ccc(OC)cc1)O[C@@H]1[C@@H](OC)[C@@H](OC)O[C@H](C)[C@H]1O2. The molecule has 9 atom stereocenters. The van der Waals surface area contributed by atoms with Crippen molar-refractivity contribution in [2.24, 2.45) is 0 Å². The third kappa shape index (κ3) is 6.59. The number of methoxy groups -OCH3 is 4. The molecule has 3 fully saturated rings. The van der Waals surface area contributed by atoms with E-state index in [1.54, 1.807) is 28.4 Å². The van der Waals surface area contributed by atoms with Crippen LogP contribution < -0.4 is 4.74 Å². The number of hydrogen-bond acceptors (Lipinski definition) is 10. The van der Waals surface area contributed by atoms with Crippen LogP contribution in [0.5, 0.6) is 5.75 Å². The summed E-state index contributed by atoms with van der Waals surface area (Å²) in [5.74, 6) is -0.578. The molecule has 11 heteroatoms. The standard InChI is InChI=1S/C29H48O10Si/c1-18-23-25(26(32-7)27(33-8)35-18)38-29(37-23)15-21(39-40(9,10)28(2,3)4)24(22(36-29)17-30-5)34-16-19-11-13-20(31-6)14-12-19/h11-14,18,21-27H,15-17H2,1-10H3/t18-,21-,22-,23-,24+,25+,26-,27+,29-/m1/s1. The first kappa shape index (κ1) is 31.8. The molecule has 0 radical (unpaired) electrons. The molecule has 1 aromatic carbocycles. The van der Waals surface area contributed by atoms with E-state index in [0.717, 1.165) is 11.3 Å². The zero-order valence-electron chi connectivity index (χ0n) is 25.6. The van der Waals surface area contributed by atoms with Gasteiger partial charge in [-0.2, -0.15) is 0 Å². The Morgan fingerprint density at radius 3 is 2.17 bits per heavy atom. The molecule has 3 aliphatic heterocycles. The Bertz CT molecular complexity index is 953. The summed E-state index contributed by atoms with van der Waals surface area (Å²) in [6.45, 7) is 13.7. The molecule has 10 nitrogen and oxygen atoms in total. The van der Waals surface area contributed by atoms with Gasteiger partial charge >= 0.3 is 0 Å². The topological polar surface area (TPSA) is 92.3 Å². The van der Waals surface area contributed by atoms with Crippen LogP contribution in [0, 0.1) is 0 Å². The molecule has 0 aromatic heterocycles. The Balaban J connectivity index is 1.63. The van der Waals surface area contributed by atoms with Crippen LogP contribution in [0.2, 0.25) is 18.1 Å². The molecule has 1 aromatic rings. The quantitative estimate of drug-likeness (QED) is 0.372. The number of benzene rings is 1. The second-order valence-electron chi connectivity index (χ2n) is 12.3. The highest BCUT2D eigenvalue weighted by molar-refractivity contribution is 6.74. The van der Waals surface area contributed by atoms with E-state index in [4.69, 9.17) is 47.1 Å². The minimum Gasteiger partial charge on any atom is -0.497 e. The normalized spacial score (nSPS) is 36.5. The van der Waals surface area contributed by atoms with Crippen molar-refractivity contribution in [2.45, 2.75) is 114 Å². The van der Waals surface area contributed by atoms with Crippen LogP contribution in [0.3, 0.4) is 0 Å². The predicted molar refractivity (Wildman–Crippen MR) is 150 cm³/mol. The fourth-order valence-electron chi connectivity index (χ4n) is 5.34. The van der Waals surface area contributed by atoms with E-state index in [0.29, 0.717) is 13.0 Å². The number of fused-ring (bicyclic) bond motifs is 1. The Morgan fingerprint density at radius 2 is 1.60 bits per heavy atom. The summed E-state index contributed by atoms with van der Waals surface area (Å²) in [5.41, 5.74) is 1.02. The van der Waals surface area contributed by atoms with Gasteiger partial charge in [0.15, 0.2) is 14.6 Å². The summed E-state index contributed by atoms with van der Waals surface area (Å²) in [5, 5.41) is -0.0175. The lowest BCUT2D eigenvalue weighted by Gasteiger charge is -2.49. The molecule has 1 spiro atoms. The van der Waals surface area contributed by atoms with Crippen molar-refractivity contribution in [3.05, 3.63) is 29.8 Å². The maximum atomic E-state index is 7.03. The van der Waals surface area contributed by atoms with Gasteiger partial charge in [0.1, 0.15) is 36.3 Å². The van der Waals surface area contributed by atoms with Gasteiger partial charge in [0.2, 0.25) is 0 Å². The van der Waals surface area contributed by atoms with Gasteiger partial charge in [-0.1, -0.05) is 32.9 Å². The third-order valence-electron chi connectivity index (χ3n) is 8.56. The van der Waals surface area contributed by atoms with Gasteiger partial charge in [-0.25, -0.2) is 0 Å². The maximum absolute atomic E-state index is 7.03. The first-order valence-corrected chi connectivity index (χ1v) is 16.9. The minimum atomic E-state index is -2.24. The lowest BCUT2D eigenvalue weighted by Crippen LogP contribution is -2.61. The van der Waals surface area contributed by atoms with Gasteiger partial charge in [0, 0.05) is 21.3 Å². The van der Waals surface area contributed by atoms with E-state index >= 15 is 0 Å². The van der Waals surface area contributed by atoms with Crippen LogP contribution in [0.15, 0.2) is 24.3 Å². The van der Waals surface area contributed by atoms with Crippen LogP contribution in [0.25, 0.3) is 0 Å². The second kappa shape index (κ2) is 12.6. The monoisotopic (exact) mass is 584 g/mol. The van der Waals surface area contributed by atoms with E-state index in [-0.39, 0.29) is 23.9 Å². The first-order valence-electron chi connectivity index (χ1n) is 14.0. The molecule has 40 heavy (non-hydrogen) atoms. The molecule has 0 N–H and O–H groups in total. The minimum absolute atomic E-state index is 0.0175. The molecular weight excluding hydrogens is 536 g/mol. The van der Waals surface area contributed by atoms with Crippen molar-refractivity contribution in [3.8, 4) is 5.75 Å². The predicted octanol–water partition coefficient (Wildman–Crippen LogP) is 4.25. The molecule has 3 saturated heterocycles. The highest BCUT2D eigenvalue weighted by Crippen LogP contribution is 2.47. The van der Waals surface area contributed by atoms with E-state index in [2.05, 4.69) is 33.9 Å². The van der Waals surface area contributed by atoms with Crippen LogP contribution in [-0.4, -0.2) is 98.4 Å². The first-order chi connectivity index (χ1) is 18.9. The van der Waals surface area contributed by atoms with Crippen LogP contribution in [-0.2, 0) is 48.9 Å². The number of rotatable bonds is 10. The van der Waals surface area contributed by atoms with Crippen LogP contribution >= 0.6 is 0 Å². The van der Waals surface area contributed by atoms with Gasteiger partial charge in [-0.3, -0.25) is 0 Å². The average molecular weight is 585 g/mol. The summed E-state index contributed by atoms with van der Waals surface area (Å²) in [7, 11) is 4.27. The average Bonchev–Trinajstić information content (AvgIpc) is 3.26. The highest BCUT2D eigenvalue weighted by Gasteiger charge is 2.63. The van der Waals surface area contributed by atoms with Crippen LogP contribution in [0.1, 0.15) is 39.7 Å². The van der Waals surface area contributed by atoms with E-state index in [1.807, 2.05) is 31.2 Å². The number of ether oxygens (including phenoxy) is 9. The van der Waals surface area contributed by atoms with E-state index < -0.39 is 51.1 Å². The van der Waals surface area contributed by atoms with Crippen molar-refractivity contribution in [3.63, 3.8) is 0 Å². The maximum Gasteiger partial charge on any atom is 0.286 e. The van der Waals surface area contributed by atoms with E-state index in [1.165, 1.54) is 0 Å². The van der Waals surface area contributed by atoms with Crippen LogP contribution in [0.4, 0.5) is 0 Å². The molecule has 0 saturated carbocycles. The summed E-state index contributed by atoms with van der Waals surface area (Å²) >= 11 is 0. The smallest absolute Gasteiger partial charge is 0.286 e. The molecule has 3 heterocycles. The van der Waals surface area contributed by atoms with Gasteiger partial charge in [-0.05, 0) is 42.8 Å². The molecular formula is C29H48O10Si. The van der Waals surface area contributed by atoms with Crippen molar-refractivity contribution >= 4 is 8.32 Å². The Morgan fingerprint density at radius 1 is 0.925 bits per heavy atom. The zero-order chi connectivity index (χ0) is 29.3. The van der Waals surface area contributed by atoms with Crippen molar-refractivity contribution in [2.75, 3.05) is 35.0 Å². The third-order valence-corrected chi connectivity index (χ3v) is 13.1. The van der Waals surface area contributed by atoms with Gasteiger partial charge in [0.25, 0.3) is 5.97 Å². The van der Waals surface area contributed by atoms with Crippen molar-refractivity contribution in [1.82, 2.24) is 0 Å². The molecule has 228 valence electrons. The van der Waals surface area contributed by atoms with Gasteiger partial charge in [0.05, 0.1) is 39.0 Å². The molecule has 0 aliphatic carbocycles. The fourth-order valence-corrected chi connectivity index (χ4v) is 6.66. The van der Waals surface area contributed by atoms with E-state index in [9.17, 15) is 0 Å². The summed E-state index contributed by atoms with van der Waals surface area (Å²) in [4.78, 5) is 0. The van der Waals surface area contributed by atoms with Crippen molar-refractivity contribution in [1.29, 1.82) is 0 Å². The number of hydrogen-bond donors (Lipinski definition) is 0. The highest BCUT2D eigenvalue weighted by atomic mass is 28.4. The zero-order valence-corrected chi connectivity index (χ0v) is 26.6. The van der Waals surface area contributed by atoms with Gasteiger partial charge < -0.3 is 47.1 Å². The molecule has 0 amide bonds.